The normalized spacial score (nSPS) is 11.8. The van der Waals surface area contributed by atoms with Crippen LogP contribution in [0, 0.1) is 5.92 Å². The molecular weight excluding hydrogens is 368 g/mol. The molecule has 0 fully saturated rings. The first-order valence-electron chi connectivity index (χ1n) is 9.63. The van der Waals surface area contributed by atoms with E-state index in [1.165, 1.54) is 0 Å². The van der Waals surface area contributed by atoms with Crippen LogP contribution in [0.15, 0.2) is 65.2 Å². The lowest BCUT2D eigenvalue weighted by atomic mass is 10.0. The van der Waals surface area contributed by atoms with E-state index in [-0.39, 0.29) is 5.91 Å². The van der Waals surface area contributed by atoms with Crippen LogP contribution >= 0.6 is 0 Å². The van der Waals surface area contributed by atoms with Crippen molar-refractivity contribution in [2.75, 3.05) is 5.32 Å². The van der Waals surface area contributed by atoms with Crippen LogP contribution in [-0.4, -0.2) is 22.0 Å². The van der Waals surface area contributed by atoms with Gasteiger partial charge in [-0.25, -0.2) is 4.98 Å². The van der Waals surface area contributed by atoms with Gasteiger partial charge in [-0.15, -0.1) is 0 Å². The number of hydrogen-bond acceptors (Lipinski definition) is 4. The average Bonchev–Trinajstić information content (AvgIpc) is 3.19. The highest BCUT2D eigenvalue weighted by molar-refractivity contribution is 5.90. The van der Waals surface area contributed by atoms with Gasteiger partial charge in [-0.05, 0) is 30.5 Å². The summed E-state index contributed by atoms with van der Waals surface area (Å²) in [6.45, 7) is 1.68. The second-order valence-electron chi connectivity index (χ2n) is 7.03. The van der Waals surface area contributed by atoms with Crippen LogP contribution < -0.4 is 5.32 Å². The molecule has 0 bridgehead atoms. The Hall–Kier alpha value is -3.41. The zero-order chi connectivity index (χ0) is 20.6. The number of carboxylic acids is 1. The maximum absolute atomic E-state index is 12.1. The molecule has 0 aliphatic heterocycles. The molecule has 150 valence electrons. The molecule has 3 aromatic rings. The third kappa shape index (κ3) is 6.04. The number of carbonyl (C=O) groups is 2. The summed E-state index contributed by atoms with van der Waals surface area (Å²) < 4.78 is 5.75. The Balaban J connectivity index is 1.43. The summed E-state index contributed by atoms with van der Waals surface area (Å²) in [6, 6.07) is 17.0. The molecule has 1 heterocycles. The highest BCUT2D eigenvalue weighted by atomic mass is 16.4. The number of carboxylic acid groups (broad SMARTS) is 1. The molecule has 0 saturated heterocycles. The van der Waals surface area contributed by atoms with Gasteiger partial charge < -0.3 is 14.8 Å². The van der Waals surface area contributed by atoms with E-state index in [0.717, 1.165) is 16.9 Å². The Morgan fingerprint density at radius 2 is 1.83 bits per heavy atom. The maximum atomic E-state index is 12.1. The molecule has 6 heteroatoms. The maximum Gasteiger partial charge on any atom is 0.306 e. The lowest BCUT2D eigenvalue weighted by Crippen LogP contribution is -2.13. The van der Waals surface area contributed by atoms with Crippen molar-refractivity contribution in [3.05, 3.63) is 72.2 Å². The van der Waals surface area contributed by atoms with Crippen LogP contribution in [-0.2, 0) is 22.4 Å². The molecule has 0 spiro atoms. The van der Waals surface area contributed by atoms with Gasteiger partial charge >= 0.3 is 5.97 Å². The number of aromatic nitrogens is 1. The average molecular weight is 392 g/mol. The molecule has 1 aromatic heterocycles. The van der Waals surface area contributed by atoms with Crippen LogP contribution in [0.4, 0.5) is 5.69 Å². The number of amides is 1. The number of oxazole rings is 1. The molecule has 2 aromatic carbocycles. The Labute approximate surface area is 169 Å². The summed E-state index contributed by atoms with van der Waals surface area (Å²) in [5, 5.41) is 11.8. The quantitative estimate of drug-likeness (QED) is 0.557. The third-order valence-electron chi connectivity index (χ3n) is 4.61. The summed E-state index contributed by atoms with van der Waals surface area (Å²) in [5.74, 6) is 0.0137. The SMILES string of the molecule is CC(Cc1ccc(NC(=O)CCCc2ncc(-c3ccccc3)o2)cc1)C(=O)O. The Morgan fingerprint density at radius 3 is 2.52 bits per heavy atom. The van der Waals surface area contributed by atoms with Crippen LogP contribution in [0.25, 0.3) is 11.3 Å². The summed E-state index contributed by atoms with van der Waals surface area (Å²) in [7, 11) is 0. The van der Waals surface area contributed by atoms with Gasteiger partial charge in [-0.1, -0.05) is 49.4 Å². The number of nitrogens with one attached hydrogen (secondary N) is 1. The second-order valence-corrected chi connectivity index (χ2v) is 7.03. The number of hydrogen-bond donors (Lipinski definition) is 2. The Kier molecular flexibility index (Phi) is 6.79. The largest absolute Gasteiger partial charge is 0.481 e. The molecule has 1 atom stereocenters. The smallest absolute Gasteiger partial charge is 0.306 e. The summed E-state index contributed by atoms with van der Waals surface area (Å²) in [5.41, 5.74) is 2.60. The van der Waals surface area contributed by atoms with Crippen molar-refractivity contribution in [1.29, 1.82) is 0 Å². The first-order chi connectivity index (χ1) is 14.0. The molecule has 6 nitrogen and oxygen atoms in total. The predicted octanol–water partition coefficient (Wildman–Crippen LogP) is 4.57. The first-order valence-corrected chi connectivity index (χ1v) is 9.63. The van der Waals surface area contributed by atoms with Gasteiger partial charge in [0.15, 0.2) is 11.7 Å². The zero-order valence-corrected chi connectivity index (χ0v) is 16.3. The monoisotopic (exact) mass is 392 g/mol. The van der Waals surface area contributed by atoms with Crippen LogP contribution in [0.3, 0.4) is 0 Å². The number of anilines is 1. The van der Waals surface area contributed by atoms with E-state index >= 15 is 0 Å². The number of nitrogens with zero attached hydrogens (tertiary/aromatic N) is 1. The van der Waals surface area contributed by atoms with Crippen molar-refractivity contribution in [3.63, 3.8) is 0 Å². The van der Waals surface area contributed by atoms with Crippen molar-refractivity contribution < 1.29 is 19.1 Å². The van der Waals surface area contributed by atoms with Crippen molar-refractivity contribution >= 4 is 17.6 Å². The van der Waals surface area contributed by atoms with Gasteiger partial charge in [-0.3, -0.25) is 9.59 Å². The highest BCUT2D eigenvalue weighted by Crippen LogP contribution is 2.20. The van der Waals surface area contributed by atoms with Gasteiger partial charge in [0.1, 0.15) is 0 Å². The topological polar surface area (TPSA) is 92.4 Å². The minimum atomic E-state index is -0.815. The molecule has 29 heavy (non-hydrogen) atoms. The molecule has 3 rings (SSSR count). The standard InChI is InChI=1S/C23H24N2O4/c1-16(23(27)28)14-17-10-12-19(13-11-17)25-21(26)8-5-9-22-24-15-20(29-22)18-6-3-2-4-7-18/h2-4,6-7,10-13,15-16H,5,8-9,14H2,1H3,(H,25,26)(H,27,28). The molecule has 1 unspecified atom stereocenters. The van der Waals surface area contributed by atoms with Gasteiger partial charge in [0, 0.05) is 24.1 Å². The lowest BCUT2D eigenvalue weighted by molar-refractivity contribution is -0.141. The molecule has 1 amide bonds. The number of aryl methyl sites for hydroxylation is 1. The summed E-state index contributed by atoms with van der Waals surface area (Å²) in [6.07, 6.45) is 3.75. The van der Waals surface area contributed by atoms with Gasteiger partial charge in [0.25, 0.3) is 0 Å². The number of benzene rings is 2. The second kappa shape index (κ2) is 9.68. The van der Waals surface area contributed by atoms with Crippen molar-refractivity contribution in [1.82, 2.24) is 4.98 Å². The fraction of sp³-hybridized carbons (Fsp3) is 0.261. The number of rotatable bonds is 9. The fourth-order valence-corrected chi connectivity index (χ4v) is 2.95. The van der Waals surface area contributed by atoms with Crippen LogP contribution in [0.5, 0.6) is 0 Å². The van der Waals surface area contributed by atoms with Gasteiger partial charge in [0.2, 0.25) is 5.91 Å². The van der Waals surface area contributed by atoms with Crippen LogP contribution in [0.2, 0.25) is 0 Å². The lowest BCUT2D eigenvalue weighted by Gasteiger charge is -2.08. The number of carbonyl (C=O) groups excluding carboxylic acids is 1. The van der Waals surface area contributed by atoms with Crippen molar-refractivity contribution in [2.24, 2.45) is 5.92 Å². The summed E-state index contributed by atoms with van der Waals surface area (Å²) >= 11 is 0. The van der Waals surface area contributed by atoms with Crippen LogP contribution in [0.1, 0.15) is 31.2 Å². The van der Waals surface area contributed by atoms with Gasteiger partial charge in [-0.2, -0.15) is 0 Å². The zero-order valence-electron chi connectivity index (χ0n) is 16.3. The molecule has 0 aliphatic rings. The molecule has 0 radical (unpaired) electrons. The van der Waals surface area contributed by atoms with Crippen molar-refractivity contribution in [2.45, 2.75) is 32.6 Å². The highest BCUT2D eigenvalue weighted by Gasteiger charge is 2.12. The molecule has 0 saturated carbocycles. The Morgan fingerprint density at radius 1 is 1.10 bits per heavy atom. The minimum Gasteiger partial charge on any atom is -0.481 e. The molecular formula is C23H24N2O4. The van der Waals surface area contributed by atoms with Gasteiger partial charge in [0.05, 0.1) is 12.1 Å². The fourth-order valence-electron chi connectivity index (χ4n) is 2.95. The number of aliphatic carboxylic acids is 1. The first kappa shape index (κ1) is 20.3. The minimum absolute atomic E-state index is 0.0773. The van der Waals surface area contributed by atoms with E-state index in [2.05, 4.69) is 10.3 Å². The predicted molar refractivity (Wildman–Crippen MR) is 110 cm³/mol. The third-order valence-corrected chi connectivity index (χ3v) is 4.61. The summed E-state index contributed by atoms with van der Waals surface area (Å²) in [4.78, 5) is 27.3. The van der Waals surface area contributed by atoms with E-state index in [1.807, 2.05) is 42.5 Å². The van der Waals surface area contributed by atoms with E-state index in [4.69, 9.17) is 9.52 Å². The van der Waals surface area contributed by atoms with E-state index in [1.54, 1.807) is 25.3 Å². The van der Waals surface area contributed by atoms with E-state index in [0.29, 0.717) is 37.3 Å². The van der Waals surface area contributed by atoms with E-state index in [9.17, 15) is 9.59 Å². The Bertz CT molecular complexity index is 949. The van der Waals surface area contributed by atoms with Crippen molar-refractivity contribution in [3.8, 4) is 11.3 Å². The molecule has 2 N–H and O–H groups in total. The van der Waals surface area contributed by atoms with E-state index < -0.39 is 11.9 Å². The molecule has 0 aliphatic carbocycles.